The number of hydrogen-bond acceptors (Lipinski definition) is 3. The molecule has 0 saturated heterocycles. The summed E-state index contributed by atoms with van der Waals surface area (Å²) in [5.74, 6) is 0.793. The van der Waals surface area contributed by atoms with Gasteiger partial charge in [0.15, 0.2) is 0 Å². The summed E-state index contributed by atoms with van der Waals surface area (Å²) >= 11 is 0. The summed E-state index contributed by atoms with van der Waals surface area (Å²) < 4.78 is 5.52. The van der Waals surface area contributed by atoms with Gasteiger partial charge in [0.25, 0.3) is 0 Å². The molecule has 76 valence electrons. The number of nitrogen functional groups attached to an aromatic ring is 1. The van der Waals surface area contributed by atoms with Crippen LogP contribution in [0.2, 0.25) is 0 Å². The van der Waals surface area contributed by atoms with Crippen molar-refractivity contribution in [1.82, 2.24) is 0 Å². The highest BCUT2D eigenvalue weighted by atomic mass is 16.5. The summed E-state index contributed by atoms with van der Waals surface area (Å²) in [6.45, 7) is 2.78. The quantitative estimate of drug-likeness (QED) is 0.664. The van der Waals surface area contributed by atoms with E-state index in [4.69, 9.17) is 16.2 Å². The first-order chi connectivity index (χ1) is 6.72. The fourth-order valence-electron chi connectivity index (χ4n) is 1.83. The van der Waals surface area contributed by atoms with Crippen molar-refractivity contribution in [2.45, 2.75) is 25.8 Å². The number of nitrogens with two attached hydrogens (primary N) is 2. The van der Waals surface area contributed by atoms with E-state index in [1.54, 1.807) is 0 Å². The third-order valence-electron chi connectivity index (χ3n) is 2.69. The molecule has 0 spiro atoms. The van der Waals surface area contributed by atoms with E-state index in [0.717, 1.165) is 29.8 Å². The van der Waals surface area contributed by atoms with Crippen molar-refractivity contribution in [2.24, 2.45) is 5.73 Å². The predicted octanol–water partition coefficient (Wildman–Crippen LogP) is 1.61. The van der Waals surface area contributed by atoms with Crippen LogP contribution in [-0.4, -0.2) is 6.61 Å². The van der Waals surface area contributed by atoms with Crippen LogP contribution in [0.4, 0.5) is 5.69 Å². The Balaban J connectivity index is 2.51. The van der Waals surface area contributed by atoms with Crippen molar-refractivity contribution in [3.8, 4) is 5.75 Å². The van der Waals surface area contributed by atoms with Gasteiger partial charge in [-0.15, -0.1) is 0 Å². The third kappa shape index (κ3) is 1.44. The lowest BCUT2D eigenvalue weighted by Crippen LogP contribution is -2.21. The molecule has 14 heavy (non-hydrogen) atoms. The molecule has 0 aliphatic carbocycles. The molecule has 1 heterocycles. The Morgan fingerprint density at radius 2 is 2.29 bits per heavy atom. The van der Waals surface area contributed by atoms with E-state index in [1.165, 1.54) is 5.56 Å². The normalized spacial score (nSPS) is 20.0. The molecule has 1 aromatic carbocycles. The summed E-state index contributed by atoms with van der Waals surface area (Å²) in [6.07, 6.45) is 1.85. The molecular weight excluding hydrogens is 176 g/mol. The second kappa shape index (κ2) is 3.50. The van der Waals surface area contributed by atoms with Gasteiger partial charge in [0.05, 0.1) is 12.3 Å². The van der Waals surface area contributed by atoms with Gasteiger partial charge in [0, 0.05) is 18.0 Å². The Morgan fingerprint density at radius 1 is 1.50 bits per heavy atom. The lowest BCUT2D eigenvalue weighted by atomic mass is 9.97. The number of ether oxygens (including phenoxy) is 1. The van der Waals surface area contributed by atoms with Crippen LogP contribution in [0.5, 0.6) is 5.75 Å². The molecule has 1 aromatic rings. The number of anilines is 1. The fourth-order valence-corrected chi connectivity index (χ4v) is 1.83. The standard InChI is InChI=1S/C11H16N2O/c1-2-7-5-8-9(12)3-4-14-11(8)10(13)6-7/h5-6,9H,2-4,12-13H2,1H3/t9-/m1/s1. The second-order valence-corrected chi connectivity index (χ2v) is 3.70. The van der Waals surface area contributed by atoms with Crippen molar-refractivity contribution in [3.05, 3.63) is 23.3 Å². The molecular formula is C11H16N2O. The molecule has 0 unspecified atom stereocenters. The molecule has 1 aliphatic heterocycles. The topological polar surface area (TPSA) is 61.3 Å². The Bertz CT molecular complexity index is 349. The summed E-state index contributed by atoms with van der Waals surface area (Å²) in [4.78, 5) is 0. The molecule has 0 amide bonds. The summed E-state index contributed by atoms with van der Waals surface area (Å²) in [5.41, 5.74) is 14.9. The summed E-state index contributed by atoms with van der Waals surface area (Å²) in [6, 6.07) is 4.15. The van der Waals surface area contributed by atoms with Gasteiger partial charge in [-0.1, -0.05) is 13.0 Å². The Labute approximate surface area is 84.0 Å². The maximum atomic E-state index is 6.00. The average molecular weight is 192 g/mol. The second-order valence-electron chi connectivity index (χ2n) is 3.70. The van der Waals surface area contributed by atoms with Crippen LogP contribution in [0.15, 0.2) is 12.1 Å². The van der Waals surface area contributed by atoms with Gasteiger partial charge in [-0.25, -0.2) is 0 Å². The molecule has 1 aliphatic rings. The highest BCUT2D eigenvalue weighted by Gasteiger charge is 2.20. The van der Waals surface area contributed by atoms with E-state index in [0.29, 0.717) is 6.61 Å². The highest BCUT2D eigenvalue weighted by Crippen LogP contribution is 2.36. The molecule has 0 fully saturated rings. The van der Waals surface area contributed by atoms with Crippen LogP contribution in [0.25, 0.3) is 0 Å². The van der Waals surface area contributed by atoms with Crippen molar-refractivity contribution < 1.29 is 4.74 Å². The fraction of sp³-hybridized carbons (Fsp3) is 0.455. The van der Waals surface area contributed by atoms with E-state index < -0.39 is 0 Å². The first kappa shape index (κ1) is 9.34. The largest absolute Gasteiger partial charge is 0.491 e. The van der Waals surface area contributed by atoms with E-state index in [1.807, 2.05) is 6.07 Å². The summed E-state index contributed by atoms with van der Waals surface area (Å²) in [7, 11) is 0. The zero-order chi connectivity index (χ0) is 10.1. The first-order valence-corrected chi connectivity index (χ1v) is 5.03. The van der Waals surface area contributed by atoms with Crippen LogP contribution in [0, 0.1) is 0 Å². The van der Waals surface area contributed by atoms with Gasteiger partial charge in [-0.3, -0.25) is 0 Å². The number of hydrogen-bond donors (Lipinski definition) is 2. The average Bonchev–Trinajstić information content (AvgIpc) is 2.19. The molecule has 4 N–H and O–H groups in total. The van der Waals surface area contributed by atoms with Gasteiger partial charge in [-0.2, -0.15) is 0 Å². The van der Waals surface area contributed by atoms with Crippen LogP contribution >= 0.6 is 0 Å². The molecule has 0 radical (unpaired) electrons. The molecule has 3 heteroatoms. The Kier molecular flexibility index (Phi) is 2.33. The monoisotopic (exact) mass is 192 g/mol. The molecule has 2 rings (SSSR count). The zero-order valence-electron chi connectivity index (χ0n) is 8.42. The van der Waals surface area contributed by atoms with E-state index >= 15 is 0 Å². The maximum Gasteiger partial charge on any atom is 0.146 e. The van der Waals surface area contributed by atoms with Gasteiger partial charge in [0.1, 0.15) is 5.75 Å². The van der Waals surface area contributed by atoms with Gasteiger partial charge < -0.3 is 16.2 Å². The minimum absolute atomic E-state index is 0.0764. The van der Waals surface area contributed by atoms with Gasteiger partial charge in [-0.05, 0) is 18.1 Å². The van der Waals surface area contributed by atoms with Crippen molar-refractivity contribution >= 4 is 5.69 Å². The van der Waals surface area contributed by atoms with Crippen molar-refractivity contribution in [2.75, 3.05) is 12.3 Å². The Morgan fingerprint density at radius 3 is 3.00 bits per heavy atom. The van der Waals surface area contributed by atoms with E-state index in [2.05, 4.69) is 13.0 Å². The van der Waals surface area contributed by atoms with Crippen LogP contribution in [0.3, 0.4) is 0 Å². The van der Waals surface area contributed by atoms with Crippen LogP contribution < -0.4 is 16.2 Å². The zero-order valence-corrected chi connectivity index (χ0v) is 8.42. The minimum atomic E-state index is 0.0764. The third-order valence-corrected chi connectivity index (χ3v) is 2.69. The smallest absolute Gasteiger partial charge is 0.146 e. The lowest BCUT2D eigenvalue weighted by Gasteiger charge is -2.24. The summed E-state index contributed by atoms with van der Waals surface area (Å²) in [5, 5.41) is 0. The highest BCUT2D eigenvalue weighted by molar-refractivity contribution is 5.60. The molecule has 1 atom stereocenters. The number of rotatable bonds is 1. The van der Waals surface area contributed by atoms with E-state index in [-0.39, 0.29) is 6.04 Å². The van der Waals surface area contributed by atoms with Crippen LogP contribution in [0.1, 0.15) is 30.5 Å². The molecule has 0 aromatic heterocycles. The molecule has 0 saturated carbocycles. The first-order valence-electron chi connectivity index (χ1n) is 5.03. The minimum Gasteiger partial charge on any atom is -0.491 e. The molecule has 0 bridgehead atoms. The number of benzene rings is 1. The lowest BCUT2D eigenvalue weighted by molar-refractivity contribution is 0.270. The SMILES string of the molecule is CCc1cc(N)c2c(c1)[C@H](N)CCO2. The number of fused-ring (bicyclic) bond motifs is 1. The predicted molar refractivity (Wildman–Crippen MR) is 57.3 cm³/mol. The maximum absolute atomic E-state index is 6.00. The van der Waals surface area contributed by atoms with Crippen LogP contribution in [-0.2, 0) is 6.42 Å². The van der Waals surface area contributed by atoms with Crippen molar-refractivity contribution in [3.63, 3.8) is 0 Å². The van der Waals surface area contributed by atoms with Gasteiger partial charge >= 0.3 is 0 Å². The molecule has 3 nitrogen and oxygen atoms in total. The van der Waals surface area contributed by atoms with Gasteiger partial charge in [0.2, 0.25) is 0 Å². The van der Waals surface area contributed by atoms with E-state index in [9.17, 15) is 0 Å². The Hall–Kier alpha value is -1.22. The number of aryl methyl sites for hydroxylation is 1. The van der Waals surface area contributed by atoms with Crippen molar-refractivity contribution in [1.29, 1.82) is 0 Å².